The number of aromatic nitrogens is 1. The lowest BCUT2D eigenvalue weighted by Gasteiger charge is -1.98. The van der Waals surface area contributed by atoms with Crippen molar-refractivity contribution >= 4 is 11.6 Å². The maximum absolute atomic E-state index is 5.80. The highest BCUT2D eigenvalue weighted by atomic mass is 35.5. The minimum Gasteiger partial charge on any atom is -0.366 e. The standard InChI is InChI=1S/C8H8ClNO/c1-5-2-7(8-4-11-8)10-3-6(5)9/h2-3,8H,4H2,1H3. The van der Waals surface area contributed by atoms with Crippen LogP contribution >= 0.6 is 11.6 Å². The van der Waals surface area contributed by atoms with Crippen LogP contribution in [-0.4, -0.2) is 11.6 Å². The first-order valence-electron chi connectivity index (χ1n) is 3.51. The predicted octanol–water partition coefficient (Wildman–Crippen LogP) is 2.11. The van der Waals surface area contributed by atoms with Gasteiger partial charge in [-0.3, -0.25) is 4.98 Å². The first-order chi connectivity index (χ1) is 5.27. The predicted molar refractivity (Wildman–Crippen MR) is 42.7 cm³/mol. The largest absolute Gasteiger partial charge is 0.366 e. The van der Waals surface area contributed by atoms with Gasteiger partial charge in [-0.1, -0.05) is 11.6 Å². The maximum Gasteiger partial charge on any atom is 0.123 e. The van der Waals surface area contributed by atoms with Gasteiger partial charge in [0.1, 0.15) is 6.10 Å². The van der Waals surface area contributed by atoms with E-state index in [-0.39, 0.29) is 6.10 Å². The van der Waals surface area contributed by atoms with Crippen molar-refractivity contribution in [3.05, 3.63) is 28.5 Å². The van der Waals surface area contributed by atoms with E-state index >= 15 is 0 Å². The number of halogens is 1. The zero-order valence-electron chi connectivity index (χ0n) is 6.17. The Bertz CT molecular complexity index is 283. The highest BCUT2D eigenvalue weighted by Crippen LogP contribution is 2.29. The lowest BCUT2D eigenvalue weighted by Crippen LogP contribution is -1.88. The summed E-state index contributed by atoms with van der Waals surface area (Å²) in [6.45, 7) is 2.77. The van der Waals surface area contributed by atoms with Gasteiger partial charge in [-0.05, 0) is 18.6 Å². The van der Waals surface area contributed by atoms with Crippen molar-refractivity contribution in [2.24, 2.45) is 0 Å². The van der Waals surface area contributed by atoms with E-state index in [0.29, 0.717) is 0 Å². The summed E-state index contributed by atoms with van der Waals surface area (Å²) in [6.07, 6.45) is 1.90. The molecule has 0 spiro atoms. The van der Waals surface area contributed by atoms with Crippen LogP contribution in [0.3, 0.4) is 0 Å². The van der Waals surface area contributed by atoms with E-state index in [1.807, 2.05) is 13.0 Å². The van der Waals surface area contributed by atoms with Crippen LogP contribution in [0.4, 0.5) is 0 Å². The molecule has 1 aromatic rings. The average Bonchev–Trinajstić information content (AvgIpc) is 2.77. The molecule has 0 amide bonds. The first-order valence-corrected chi connectivity index (χ1v) is 3.89. The van der Waals surface area contributed by atoms with E-state index in [0.717, 1.165) is 22.9 Å². The van der Waals surface area contributed by atoms with Crippen LogP contribution in [0.2, 0.25) is 5.02 Å². The molecule has 2 heterocycles. The summed E-state index contributed by atoms with van der Waals surface area (Å²) in [5, 5.41) is 0.717. The Morgan fingerprint density at radius 2 is 2.45 bits per heavy atom. The lowest BCUT2D eigenvalue weighted by atomic mass is 10.2. The number of nitrogens with zero attached hydrogens (tertiary/aromatic N) is 1. The topological polar surface area (TPSA) is 25.4 Å². The van der Waals surface area contributed by atoms with Crippen LogP contribution in [0.15, 0.2) is 12.3 Å². The molecule has 1 aliphatic rings. The molecule has 1 aromatic heterocycles. The second-order valence-electron chi connectivity index (χ2n) is 2.68. The number of epoxide rings is 1. The molecule has 0 aliphatic carbocycles. The van der Waals surface area contributed by atoms with Gasteiger partial charge in [-0.2, -0.15) is 0 Å². The zero-order chi connectivity index (χ0) is 7.84. The zero-order valence-corrected chi connectivity index (χ0v) is 6.93. The number of hydrogen-bond acceptors (Lipinski definition) is 2. The van der Waals surface area contributed by atoms with Crippen LogP contribution in [0.1, 0.15) is 17.4 Å². The molecule has 58 valence electrons. The molecule has 1 atom stereocenters. The summed E-state index contributed by atoms with van der Waals surface area (Å²) < 4.78 is 5.08. The van der Waals surface area contributed by atoms with Gasteiger partial charge in [-0.15, -0.1) is 0 Å². The van der Waals surface area contributed by atoms with E-state index in [2.05, 4.69) is 4.98 Å². The fraction of sp³-hybridized carbons (Fsp3) is 0.375. The third-order valence-corrected chi connectivity index (χ3v) is 2.13. The molecule has 1 unspecified atom stereocenters. The van der Waals surface area contributed by atoms with Gasteiger partial charge >= 0.3 is 0 Å². The molecular formula is C8H8ClNO. The Balaban J connectivity index is 2.36. The van der Waals surface area contributed by atoms with Gasteiger partial charge in [0.25, 0.3) is 0 Å². The molecule has 1 fully saturated rings. The molecule has 2 rings (SSSR count). The Labute approximate surface area is 70.2 Å². The molecule has 1 aliphatic heterocycles. The number of ether oxygens (including phenoxy) is 1. The van der Waals surface area contributed by atoms with E-state index in [9.17, 15) is 0 Å². The van der Waals surface area contributed by atoms with Crippen molar-refractivity contribution in [1.82, 2.24) is 4.98 Å². The molecule has 0 aromatic carbocycles. The van der Waals surface area contributed by atoms with Crippen molar-refractivity contribution in [2.75, 3.05) is 6.61 Å². The molecule has 0 bridgehead atoms. The number of hydrogen-bond donors (Lipinski definition) is 0. The molecule has 0 radical (unpaired) electrons. The Morgan fingerprint density at radius 3 is 3.00 bits per heavy atom. The summed E-state index contributed by atoms with van der Waals surface area (Å²) in [5.74, 6) is 0. The maximum atomic E-state index is 5.80. The Hall–Kier alpha value is -0.600. The van der Waals surface area contributed by atoms with Crippen LogP contribution in [0, 0.1) is 6.92 Å². The Morgan fingerprint density at radius 1 is 1.73 bits per heavy atom. The fourth-order valence-electron chi connectivity index (χ4n) is 0.956. The summed E-state index contributed by atoms with van der Waals surface area (Å²) in [7, 11) is 0. The third kappa shape index (κ3) is 1.37. The summed E-state index contributed by atoms with van der Waals surface area (Å²) >= 11 is 5.80. The smallest absolute Gasteiger partial charge is 0.123 e. The minimum absolute atomic E-state index is 0.228. The van der Waals surface area contributed by atoms with Gasteiger partial charge in [0.05, 0.1) is 17.3 Å². The molecule has 0 N–H and O–H groups in total. The van der Waals surface area contributed by atoms with Gasteiger partial charge in [0.2, 0.25) is 0 Å². The molecule has 2 nitrogen and oxygen atoms in total. The van der Waals surface area contributed by atoms with Gasteiger partial charge in [0.15, 0.2) is 0 Å². The van der Waals surface area contributed by atoms with E-state index in [4.69, 9.17) is 16.3 Å². The first kappa shape index (κ1) is 7.07. The van der Waals surface area contributed by atoms with Crippen molar-refractivity contribution in [2.45, 2.75) is 13.0 Å². The van der Waals surface area contributed by atoms with Gasteiger partial charge in [0, 0.05) is 6.20 Å². The molecule has 0 saturated carbocycles. The quantitative estimate of drug-likeness (QED) is 0.602. The molecule has 3 heteroatoms. The van der Waals surface area contributed by atoms with E-state index < -0.39 is 0 Å². The Kier molecular flexibility index (Phi) is 1.59. The monoisotopic (exact) mass is 169 g/mol. The number of aryl methyl sites for hydroxylation is 1. The molecule has 11 heavy (non-hydrogen) atoms. The number of rotatable bonds is 1. The third-order valence-electron chi connectivity index (χ3n) is 1.73. The number of pyridine rings is 1. The van der Waals surface area contributed by atoms with Crippen LogP contribution in [0.5, 0.6) is 0 Å². The molecular weight excluding hydrogens is 162 g/mol. The summed E-state index contributed by atoms with van der Waals surface area (Å²) in [6, 6.07) is 1.97. The van der Waals surface area contributed by atoms with Crippen LogP contribution < -0.4 is 0 Å². The van der Waals surface area contributed by atoms with Gasteiger partial charge in [-0.25, -0.2) is 0 Å². The second-order valence-corrected chi connectivity index (χ2v) is 3.09. The molecule has 1 saturated heterocycles. The van der Waals surface area contributed by atoms with Crippen molar-refractivity contribution < 1.29 is 4.74 Å². The summed E-state index contributed by atoms with van der Waals surface area (Å²) in [4.78, 5) is 4.14. The summed E-state index contributed by atoms with van der Waals surface area (Å²) in [5.41, 5.74) is 2.05. The second kappa shape index (κ2) is 2.47. The van der Waals surface area contributed by atoms with Crippen molar-refractivity contribution in [1.29, 1.82) is 0 Å². The normalized spacial score (nSPS) is 21.8. The minimum atomic E-state index is 0.228. The fourth-order valence-corrected chi connectivity index (χ4v) is 1.06. The van der Waals surface area contributed by atoms with E-state index in [1.54, 1.807) is 6.20 Å². The van der Waals surface area contributed by atoms with E-state index in [1.165, 1.54) is 0 Å². The average molecular weight is 170 g/mol. The van der Waals surface area contributed by atoms with Crippen molar-refractivity contribution in [3.8, 4) is 0 Å². The van der Waals surface area contributed by atoms with Crippen molar-refractivity contribution in [3.63, 3.8) is 0 Å². The SMILES string of the molecule is Cc1cc(C2CO2)ncc1Cl. The highest BCUT2D eigenvalue weighted by Gasteiger charge is 2.26. The van der Waals surface area contributed by atoms with Crippen LogP contribution in [-0.2, 0) is 4.74 Å². The van der Waals surface area contributed by atoms with Crippen LogP contribution in [0.25, 0.3) is 0 Å². The highest BCUT2D eigenvalue weighted by molar-refractivity contribution is 6.31. The lowest BCUT2D eigenvalue weighted by molar-refractivity contribution is 0.411. The van der Waals surface area contributed by atoms with Gasteiger partial charge < -0.3 is 4.74 Å².